The van der Waals surface area contributed by atoms with Gasteiger partial charge in [0.25, 0.3) is 11.8 Å². The molecule has 172 valence electrons. The minimum atomic E-state index is -0.496. The van der Waals surface area contributed by atoms with Crippen molar-refractivity contribution < 1.29 is 19.1 Å². The van der Waals surface area contributed by atoms with Crippen LogP contribution in [-0.2, 0) is 11.4 Å². The zero-order valence-corrected chi connectivity index (χ0v) is 19.6. The lowest BCUT2D eigenvalue weighted by atomic mass is 10.1. The van der Waals surface area contributed by atoms with Crippen molar-refractivity contribution in [2.24, 2.45) is 5.10 Å². The Bertz CT molecular complexity index is 1270. The van der Waals surface area contributed by atoms with Crippen LogP contribution in [0.15, 0.2) is 83.5 Å². The minimum Gasteiger partial charge on any atom is -0.490 e. The second kappa shape index (κ2) is 10.4. The second-order valence-electron chi connectivity index (χ2n) is 7.57. The molecule has 0 saturated heterocycles. The Morgan fingerprint density at radius 3 is 2.38 bits per heavy atom. The molecule has 0 saturated carbocycles. The number of rotatable bonds is 7. The predicted octanol–water partition coefficient (Wildman–Crippen LogP) is 5.76. The van der Waals surface area contributed by atoms with Gasteiger partial charge in [0.15, 0.2) is 11.5 Å². The SMILES string of the molecule is CCOc1cc(/C=C2/C(=O)N(C(=O)c3ccccc3)N=C2C)cc(Cl)c1OCc1ccccc1. The predicted molar refractivity (Wildman–Crippen MR) is 132 cm³/mol. The molecule has 0 aliphatic carbocycles. The molecule has 0 unspecified atom stereocenters. The van der Waals surface area contributed by atoms with E-state index in [-0.39, 0.29) is 0 Å². The first kappa shape index (κ1) is 23.3. The molecule has 0 bridgehead atoms. The van der Waals surface area contributed by atoms with E-state index in [4.69, 9.17) is 21.1 Å². The maximum atomic E-state index is 13.0. The lowest BCUT2D eigenvalue weighted by Crippen LogP contribution is -2.29. The van der Waals surface area contributed by atoms with Gasteiger partial charge in [-0.25, -0.2) is 0 Å². The quantitative estimate of drug-likeness (QED) is 0.322. The number of benzene rings is 3. The summed E-state index contributed by atoms with van der Waals surface area (Å²) in [5, 5.41) is 5.42. The summed E-state index contributed by atoms with van der Waals surface area (Å²) in [5.41, 5.74) is 2.76. The fourth-order valence-corrected chi connectivity index (χ4v) is 3.77. The van der Waals surface area contributed by atoms with E-state index in [1.165, 1.54) is 0 Å². The molecule has 0 radical (unpaired) electrons. The molecule has 7 heteroatoms. The summed E-state index contributed by atoms with van der Waals surface area (Å²) in [6.07, 6.45) is 1.65. The average Bonchev–Trinajstić information content (AvgIpc) is 3.13. The molecule has 6 nitrogen and oxygen atoms in total. The van der Waals surface area contributed by atoms with Gasteiger partial charge in [0.1, 0.15) is 6.61 Å². The molecule has 1 aliphatic rings. The van der Waals surface area contributed by atoms with Gasteiger partial charge < -0.3 is 9.47 Å². The number of hydrazone groups is 1. The zero-order chi connectivity index (χ0) is 24.1. The summed E-state index contributed by atoms with van der Waals surface area (Å²) < 4.78 is 11.7. The smallest absolute Gasteiger partial charge is 0.283 e. The van der Waals surface area contributed by atoms with Crippen LogP contribution in [0.25, 0.3) is 6.08 Å². The van der Waals surface area contributed by atoms with Crippen LogP contribution in [0, 0.1) is 0 Å². The Hall–Kier alpha value is -3.90. The van der Waals surface area contributed by atoms with Crippen molar-refractivity contribution in [1.29, 1.82) is 0 Å². The van der Waals surface area contributed by atoms with Crippen molar-refractivity contribution >= 4 is 35.2 Å². The van der Waals surface area contributed by atoms with Crippen LogP contribution < -0.4 is 9.47 Å². The summed E-state index contributed by atoms with van der Waals surface area (Å²) in [6.45, 7) is 4.30. The van der Waals surface area contributed by atoms with Crippen molar-refractivity contribution in [3.63, 3.8) is 0 Å². The van der Waals surface area contributed by atoms with Gasteiger partial charge in [0, 0.05) is 5.56 Å². The van der Waals surface area contributed by atoms with Crippen molar-refractivity contribution in [1.82, 2.24) is 5.01 Å². The van der Waals surface area contributed by atoms with Crippen LogP contribution in [0.4, 0.5) is 0 Å². The number of carbonyl (C=O) groups excluding carboxylic acids is 2. The fourth-order valence-electron chi connectivity index (χ4n) is 3.50. The van der Waals surface area contributed by atoms with Crippen LogP contribution in [-0.4, -0.2) is 29.1 Å². The Kier molecular flexibility index (Phi) is 7.09. The fraction of sp³-hybridized carbons (Fsp3) is 0.148. The Balaban J connectivity index is 1.60. The van der Waals surface area contributed by atoms with E-state index in [0.29, 0.717) is 52.1 Å². The molecule has 34 heavy (non-hydrogen) atoms. The van der Waals surface area contributed by atoms with Crippen LogP contribution >= 0.6 is 11.6 Å². The van der Waals surface area contributed by atoms with Gasteiger partial charge in [-0.05, 0) is 55.3 Å². The first-order chi connectivity index (χ1) is 16.5. The monoisotopic (exact) mass is 474 g/mol. The molecule has 1 aliphatic heterocycles. The summed E-state index contributed by atoms with van der Waals surface area (Å²) in [7, 11) is 0. The number of carbonyl (C=O) groups is 2. The number of halogens is 1. The molecular weight excluding hydrogens is 452 g/mol. The van der Waals surface area contributed by atoms with Crippen LogP contribution in [0.2, 0.25) is 5.02 Å². The molecule has 1 heterocycles. The maximum absolute atomic E-state index is 13.0. The molecule has 3 aromatic carbocycles. The zero-order valence-electron chi connectivity index (χ0n) is 18.8. The molecule has 0 atom stereocenters. The van der Waals surface area contributed by atoms with E-state index < -0.39 is 11.8 Å². The standard InChI is InChI=1S/C27H23ClN2O4/c1-3-33-24-16-20(15-23(28)25(24)34-17-19-10-6-4-7-11-19)14-22-18(2)29-30(27(22)32)26(31)21-12-8-5-9-13-21/h4-16H,3,17H2,1-2H3/b22-14+. The summed E-state index contributed by atoms with van der Waals surface area (Å²) in [5.74, 6) is -0.0792. The average molecular weight is 475 g/mol. The number of hydrogen-bond donors (Lipinski definition) is 0. The van der Waals surface area contributed by atoms with Gasteiger partial charge >= 0.3 is 0 Å². The second-order valence-corrected chi connectivity index (χ2v) is 7.98. The normalized spacial score (nSPS) is 14.3. The van der Waals surface area contributed by atoms with E-state index >= 15 is 0 Å². The molecule has 4 rings (SSSR count). The van der Waals surface area contributed by atoms with Crippen LogP contribution in [0.5, 0.6) is 11.5 Å². The van der Waals surface area contributed by atoms with E-state index in [2.05, 4.69) is 5.10 Å². The molecule has 0 aromatic heterocycles. The first-order valence-electron chi connectivity index (χ1n) is 10.8. The van der Waals surface area contributed by atoms with Crippen LogP contribution in [0.1, 0.15) is 35.3 Å². The minimum absolute atomic E-state index is 0.306. The highest BCUT2D eigenvalue weighted by Crippen LogP contribution is 2.38. The number of hydrogen-bond acceptors (Lipinski definition) is 5. The topological polar surface area (TPSA) is 68.2 Å². The van der Waals surface area contributed by atoms with Gasteiger partial charge in [-0.2, -0.15) is 10.1 Å². The third-order valence-electron chi connectivity index (χ3n) is 5.14. The molecular formula is C27H23ClN2O4. The Morgan fingerprint density at radius 2 is 1.71 bits per heavy atom. The van der Waals surface area contributed by atoms with Crippen molar-refractivity contribution in [3.05, 3.63) is 100 Å². The van der Waals surface area contributed by atoms with Gasteiger partial charge in [-0.15, -0.1) is 0 Å². The van der Waals surface area contributed by atoms with Crippen molar-refractivity contribution in [2.75, 3.05) is 6.61 Å². The van der Waals surface area contributed by atoms with Crippen LogP contribution in [0.3, 0.4) is 0 Å². The van der Waals surface area contributed by atoms with Gasteiger partial charge in [-0.1, -0.05) is 60.1 Å². The third kappa shape index (κ3) is 5.02. The van der Waals surface area contributed by atoms with Crippen molar-refractivity contribution in [2.45, 2.75) is 20.5 Å². The number of ether oxygens (including phenoxy) is 2. The van der Waals surface area contributed by atoms with Gasteiger partial charge in [0.2, 0.25) is 0 Å². The highest BCUT2D eigenvalue weighted by atomic mass is 35.5. The van der Waals surface area contributed by atoms with E-state index in [9.17, 15) is 9.59 Å². The van der Waals surface area contributed by atoms with Gasteiger partial charge in [-0.3, -0.25) is 9.59 Å². The number of amides is 2. The molecule has 2 amide bonds. The maximum Gasteiger partial charge on any atom is 0.283 e. The molecule has 0 spiro atoms. The highest BCUT2D eigenvalue weighted by Gasteiger charge is 2.33. The summed E-state index contributed by atoms with van der Waals surface area (Å²) >= 11 is 6.54. The Labute approximate surface area is 203 Å². The molecule has 0 fully saturated rings. The van der Waals surface area contributed by atoms with E-state index in [0.717, 1.165) is 10.6 Å². The number of imide groups is 1. The van der Waals surface area contributed by atoms with E-state index in [1.54, 1.807) is 55.5 Å². The first-order valence-corrected chi connectivity index (χ1v) is 11.2. The summed E-state index contributed by atoms with van der Waals surface area (Å²) in [4.78, 5) is 25.7. The third-order valence-corrected chi connectivity index (χ3v) is 5.43. The largest absolute Gasteiger partial charge is 0.490 e. The highest BCUT2D eigenvalue weighted by molar-refractivity contribution is 6.33. The molecule has 3 aromatic rings. The summed E-state index contributed by atoms with van der Waals surface area (Å²) in [6, 6.07) is 21.7. The van der Waals surface area contributed by atoms with Crippen molar-refractivity contribution in [3.8, 4) is 11.5 Å². The number of nitrogens with zero attached hydrogens (tertiary/aromatic N) is 2. The lowest BCUT2D eigenvalue weighted by molar-refractivity contribution is -0.123. The Morgan fingerprint density at radius 1 is 1.03 bits per heavy atom. The van der Waals surface area contributed by atoms with E-state index in [1.807, 2.05) is 37.3 Å². The van der Waals surface area contributed by atoms with Gasteiger partial charge in [0.05, 0.1) is 22.9 Å². The lowest BCUT2D eigenvalue weighted by Gasteiger charge is -2.15. The molecule has 0 N–H and O–H groups in total.